The van der Waals surface area contributed by atoms with Gasteiger partial charge in [0.05, 0.1) is 55.3 Å². The number of imide groups is 1. The SMILES string of the molecule is CC[C@H](C)[C@@H]([C@@H](CC(=O)N1CCC[C@H]1[C@H](OC)[C@@H](C)C(=O)C[C@@]1(C(=O)N2CCCCO2)CC1c1ccccc1)OC)N(C)C(=O)[C@@H](CC(=O)[C@H](C(C)C)N(C)CCCC(=O)CNC(=O)C(C)(C)CCN1C(=O)C=CC1=O)C(C)C. The fourth-order valence-corrected chi connectivity index (χ4v) is 12.4. The van der Waals surface area contributed by atoms with E-state index in [2.05, 4.69) is 5.32 Å². The quantitative estimate of drug-likeness (QED) is 0.0757. The number of likely N-dealkylation sites (N-methyl/N-ethyl adjacent to an activating group) is 2. The van der Waals surface area contributed by atoms with Crippen LogP contribution in [0.15, 0.2) is 42.5 Å². The van der Waals surface area contributed by atoms with E-state index in [0.29, 0.717) is 51.9 Å². The van der Waals surface area contributed by atoms with E-state index in [1.807, 2.05) is 95.6 Å². The van der Waals surface area contributed by atoms with Gasteiger partial charge in [-0.15, -0.1) is 0 Å². The molecule has 3 fully saturated rings. The molecule has 6 amide bonds. The Balaban J connectivity index is 1.19. The minimum atomic E-state index is -0.932. The van der Waals surface area contributed by atoms with E-state index < -0.39 is 64.8 Å². The second-order valence-corrected chi connectivity index (χ2v) is 24.3. The van der Waals surface area contributed by atoms with Gasteiger partial charge in [0, 0.05) is 89.6 Å². The topological polar surface area (TPSA) is 210 Å². The summed E-state index contributed by atoms with van der Waals surface area (Å²) in [5.74, 6) is -3.87. The first-order chi connectivity index (χ1) is 37.3. The third kappa shape index (κ3) is 16.1. The number of carbonyl (C=O) groups is 9. The summed E-state index contributed by atoms with van der Waals surface area (Å²) in [5, 5.41) is 4.17. The minimum Gasteiger partial charge on any atom is -0.379 e. The van der Waals surface area contributed by atoms with Crippen LogP contribution in [0.4, 0.5) is 0 Å². The number of ketones is 3. The molecule has 1 unspecified atom stereocenters. The number of hydrogen-bond acceptors (Lipinski definition) is 13. The smallest absolute Gasteiger partial charge is 0.253 e. The van der Waals surface area contributed by atoms with Crippen LogP contribution in [0, 0.1) is 40.4 Å². The largest absolute Gasteiger partial charge is 0.379 e. The van der Waals surface area contributed by atoms with Crippen LogP contribution in [0.25, 0.3) is 0 Å². The highest BCUT2D eigenvalue weighted by molar-refractivity contribution is 6.12. The van der Waals surface area contributed by atoms with Crippen molar-refractivity contribution in [1.29, 1.82) is 0 Å². The maximum atomic E-state index is 14.8. The zero-order valence-corrected chi connectivity index (χ0v) is 49.8. The fraction of sp³-hybridized carbons (Fsp3) is 0.721. The van der Waals surface area contributed by atoms with Crippen LogP contribution in [0.1, 0.15) is 151 Å². The van der Waals surface area contributed by atoms with Gasteiger partial charge in [-0.3, -0.25) is 57.8 Å². The van der Waals surface area contributed by atoms with Crippen molar-refractivity contribution in [2.75, 3.05) is 67.6 Å². The summed E-state index contributed by atoms with van der Waals surface area (Å²) in [6.45, 7) is 18.9. The van der Waals surface area contributed by atoms with E-state index in [1.54, 1.807) is 40.0 Å². The monoisotopic (exact) mass is 1100 g/mol. The number of ether oxygens (including phenoxy) is 2. The average molecular weight is 1100 g/mol. The predicted octanol–water partition coefficient (Wildman–Crippen LogP) is 6.59. The zero-order valence-electron chi connectivity index (χ0n) is 49.8. The van der Waals surface area contributed by atoms with Gasteiger partial charge in [0.2, 0.25) is 17.7 Å². The molecule has 18 heteroatoms. The summed E-state index contributed by atoms with van der Waals surface area (Å²) in [6.07, 6.45) is 6.24. The Kier molecular flexibility index (Phi) is 23.7. The van der Waals surface area contributed by atoms with Crippen LogP contribution in [-0.2, 0) is 57.5 Å². The maximum absolute atomic E-state index is 14.8. The molecule has 0 radical (unpaired) electrons. The van der Waals surface area contributed by atoms with E-state index in [9.17, 15) is 43.2 Å². The van der Waals surface area contributed by atoms with Crippen LogP contribution in [0.3, 0.4) is 0 Å². The van der Waals surface area contributed by atoms with Crippen molar-refractivity contribution in [3.05, 3.63) is 48.0 Å². The third-order valence-corrected chi connectivity index (χ3v) is 17.6. The van der Waals surface area contributed by atoms with Crippen molar-refractivity contribution in [2.24, 2.45) is 40.4 Å². The summed E-state index contributed by atoms with van der Waals surface area (Å²) in [4.78, 5) is 135. The van der Waals surface area contributed by atoms with Crippen LogP contribution in [0.2, 0.25) is 0 Å². The minimum absolute atomic E-state index is 0.00579. The first-order valence-corrected chi connectivity index (χ1v) is 29.1. The van der Waals surface area contributed by atoms with Crippen molar-refractivity contribution >= 4 is 52.8 Å². The molecular formula is C61H94N6O12. The molecule has 3 heterocycles. The second-order valence-electron chi connectivity index (χ2n) is 24.3. The number of methoxy groups -OCH3 is 2. The van der Waals surface area contributed by atoms with Crippen molar-refractivity contribution in [3.8, 4) is 0 Å². The lowest BCUT2D eigenvalue weighted by molar-refractivity contribution is -0.203. The zero-order chi connectivity index (χ0) is 58.5. The van der Waals surface area contributed by atoms with Gasteiger partial charge in [-0.25, -0.2) is 5.06 Å². The number of nitrogens with zero attached hydrogens (tertiary/aromatic N) is 5. The van der Waals surface area contributed by atoms with Gasteiger partial charge in [-0.05, 0) is 87.8 Å². The lowest BCUT2D eigenvalue weighted by Crippen LogP contribution is -2.54. The van der Waals surface area contributed by atoms with Gasteiger partial charge < -0.3 is 24.6 Å². The first-order valence-electron chi connectivity index (χ1n) is 29.1. The lowest BCUT2D eigenvalue weighted by Gasteiger charge is -2.41. The molecule has 1 aromatic carbocycles. The summed E-state index contributed by atoms with van der Waals surface area (Å²) >= 11 is 0. The molecule has 4 aliphatic rings. The van der Waals surface area contributed by atoms with Gasteiger partial charge in [-0.2, -0.15) is 0 Å². The Bertz CT molecular complexity index is 2320. The number of carbonyl (C=O) groups excluding carboxylic acids is 9. The van der Waals surface area contributed by atoms with Gasteiger partial charge in [0.25, 0.3) is 17.7 Å². The highest BCUT2D eigenvalue weighted by Gasteiger charge is 2.63. The molecule has 1 saturated carbocycles. The molecule has 2 saturated heterocycles. The normalized spacial score (nSPS) is 22.2. The molecular weight excluding hydrogens is 1010 g/mol. The molecule has 440 valence electrons. The second kappa shape index (κ2) is 29.0. The molecule has 18 nitrogen and oxygen atoms in total. The van der Waals surface area contributed by atoms with Crippen LogP contribution in [-0.4, -0.2) is 175 Å². The third-order valence-electron chi connectivity index (χ3n) is 17.6. The highest BCUT2D eigenvalue weighted by atomic mass is 16.7. The number of benzene rings is 1. The van der Waals surface area contributed by atoms with Gasteiger partial charge in [0.15, 0.2) is 11.6 Å². The highest BCUT2D eigenvalue weighted by Crippen LogP contribution is 2.63. The van der Waals surface area contributed by atoms with E-state index >= 15 is 0 Å². The van der Waals surface area contributed by atoms with Gasteiger partial charge in [0.1, 0.15) is 5.78 Å². The van der Waals surface area contributed by atoms with E-state index in [4.69, 9.17) is 14.3 Å². The Morgan fingerprint density at radius 3 is 2.11 bits per heavy atom. The molecule has 0 bridgehead atoms. The predicted molar refractivity (Wildman–Crippen MR) is 300 cm³/mol. The van der Waals surface area contributed by atoms with Gasteiger partial charge in [-0.1, -0.05) is 99.1 Å². The Morgan fingerprint density at radius 2 is 1.53 bits per heavy atom. The van der Waals surface area contributed by atoms with E-state index in [1.165, 1.54) is 17.2 Å². The molecule has 0 spiro atoms. The molecule has 1 N–H and O–H groups in total. The lowest BCUT2D eigenvalue weighted by atomic mass is 9.83. The fourth-order valence-electron chi connectivity index (χ4n) is 12.4. The number of Topliss-reactive ketones (excluding diaryl/α,β-unsaturated/α-hetero) is 3. The molecule has 3 aliphatic heterocycles. The molecule has 1 aromatic rings. The van der Waals surface area contributed by atoms with E-state index in [-0.39, 0.29) is 110 Å². The van der Waals surface area contributed by atoms with Crippen molar-refractivity contribution in [2.45, 2.75) is 176 Å². The van der Waals surface area contributed by atoms with Crippen molar-refractivity contribution in [1.82, 2.24) is 30.0 Å². The molecule has 1 aliphatic carbocycles. The number of hydroxylamine groups is 2. The standard InChI is InChI=1S/C61H94N6O12/c1-14-41(6)55(64(11)57(74)45(39(2)3)34-48(69)54(40(4)5)63(10)29-20-24-44(68)38-62-58(75)60(8,9)28-32-66-51(71)26-27-52(66)72)50(77-12)35-53(73)65-30-21-25-47(65)56(78-13)42(7)49(70)37-61(59(76)67-31-18-19-33-79-67)36-46(61)43-22-16-15-17-23-43/h15-17,22-23,26-27,39-42,45-47,50,54-56H,14,18-21,24-25,28-38H2,1-13H3,(H,62,75)/t41-,42-,45-,46?,47-,50+,54-,55-,56+,61-/m0/s1. The number of likely N-dealkylation sites (tertiary alicyclic amines) is 1. The summed E-state index contributed by atoms with van der Waals surface area (Å²) in [6, 6.07) is 8.40. The molecule has 0 aromatic heterocycles. The number of nitrogens with one attached hydrogen (secondary N) is 1. The molecule has 79 heavy (non-hydrogen) atoms. The molecule has 10 atom stereocenters. The number of hydrogen-bond donors (Lipinski definition) is 1. The average Bonchev–Trinajstić information content (AvgIpc) is 3.74. The Hall–Kier alpha value is -5.17. The van der Waals surface area contributed by atoms with Gasteiger partial charge >= 0.3 is 0 Å². The number of amides is 6. The van der Waals surface area contributed by atoms with Crippen LogP contribution >= 0.6 is 0 Å². The summed E-state index contributed by atoms with van der Waals surface area (Å²) < 4.78 is 12.3. The Morgan fingerprint density at radius 1 is 0.861 bits per heavy atom. The molecule has 5 rings (SSSR count). The van der Waals surface area contributed by atoms with Crippen LogP contribution < -0.4 is 5.32 Å². The van der Waals surface area contributed by atoms with Crippen molar-refractivity contribution in [3.63, 3.8) is 0 Å². The maximum Gasteiger partial charge on any atom is 0.253 e. The van der Waals surface area contributed by atoms with Crippen LogP contribution in [0.5, 0.6) is 0 Å². The van der Waals surface area contributed by atoms with Crippen molar-refractivity contribution < 1.29 is 57.5 Å². The summed E-state index contributed by atoms with van der Waals surface area (Å²) in [5.41, 5.74) is -0.832. The number of rotatable bonds is 32. The van der Waals surface area contributed by atoms with E-state index in [0.717, 1.165) is 29.7 Å². The summed E-state index contributed by atoms with van der Waals surface area (Å²) in [7, 11) is 6.71. The first kappa shape index (κ1) is 64.6. The Labute approximate surface area is 470 Å².